The van der Waals surface area contributed by atoms with E-state index < -0.39 is 12.1 Å². The number of aliphatic carboxylic acids is 1. The van der Waals surface area contributed by atoms with E-state index in [1.165, 1.54) is 0 Å². The molecule has 0 bridgehead atoms. The standard InChI is InChI=1S/C14H22O3/c1-2-3-4-5-6-7-8-9-10-11-13(15)12-14(16)17/h3-4,6-7,9-10,13,15H,2,5,8,11-12H2,1H3,(H,16,17). The highest BCUT2D eigenvalue weighted by Crippen LogP contribution is 2.00. The van der Waals surface area contributed by atoms with Gasteiger partial charge in [-0.05, 0) is 25.7 Å². The van der Waals surface area contributed by atoms with Gasteiger partial charge >= 0.3 is 5.97 Å². The molecule has 0 fully saturated rings. The van der Waals surface area contributed by atoms with Crippen molar-refractivity contribution in [2.75, 3.05) is 0 Å². The molecule has 0 aromatic heterocycles. The van der Waals surface area contributed by atoms with Crippen LogP contribution in [-0.2, 0) is 4.79 Å². The quantitative estimate of drug-likeness (QED) is 0.607. The predicted molar refractivity (Wildman–Crippen MR) is 69.8 cm³/mol. The van der Waals surface area contributed by atoms with E-state index in [-0.39, 0.29) is 6.42 Å². The second-order valence-electron chi connectivity index (χ2n) is 3.78. The number of aliphatic hydroxyl groups is 1. The van der Waals surface area contributed by atoms with Crippen molar-refractivity contribution in [2.45, 2.75) is 45.1 Å². The van der Waals surface area contributed by atoms with Gasteiger partial charge in [-0.3, -0.25) is 4.79 Å². The van der Waals surface area contributed by atoms with Crippen LogP contribution in [0, 0.1) is 0 Å². The van der Waals surface area contributed by atoms with E-state index in [4.69, 9.17) is 5.11 Å². The Bertz CT molecular complexity index is 277. The molecule has 0 aromatic rings. The van der Waals surface area contributed by atoms with E-state index in [2.05, 4.69) is 31.2 Å². The monoisotopic (exact) mass is 238 g/mol. The smallest absolute Gasteiger partial charge is 0.305 e. The van der Waals surface area contributed by atoms with Gasteiger partial charge < -0.3 is 10.2 Å². The lowest BCUT2D eigenvalue weighted by molar-refractivity contribution is -0.139. The van der Waals surface area contributed by atoms with E-state index >= 15 is 0 Å². The average Bonchev–Trinajstić information content (AvgIpc) is 2.26. The van der Waals surface area contributed by atoms with Crippen LogP contribution >= 0.6 is 0 Å². The van der Waals surface area contributed by atoms with E-state index in [0.29, 0.717) is 6.42 Å². The van der Waals surface area contributed by atoms with Crippen molar-refractivity contribution < 1.29 is 15.0 Å². The van der Waals surface area contributed by atoms with Gasteiger partial charge in [0, 0.05) is 0 Å². The average molecular weight is 238 g/mol. The molecule has 0 radical (unpaired) electrons. The number of carbonyl (C=O) groups is 1. The SMILES string of the molecule is CCC=CCC=CCC=CCC(O)CC(=O)O. The predicted octanol–water partition coefficient (Wildman–Crippen LogP) is 3.07. The van der Waals surface area contributed by atoms with Gasteiger partial charge in [0.05, 0.1) is 12.5 Å². The van der Waals surface area contributed by atoms with Crippen LogP contribution in [0.5, 0.6) is 0 Å². The maximum Gasteiger partial charge on any atom is 0.305 e. The van der Waals surface area contributed by atoms with Crippen LogP contribution in [-0.4, -0.2) is 22.3 Å². The first-order valence-electron chi connectivity index (χ1n) is 6.01. The molecule has 1 unspecified atom stereocenters. The minimum atomic E-state index is -0.964. The molecule has 3 heteroatoms. The highest BCUT2D eigenvalue weighted by molar-refractivity contribution is 5.67. The number of carboxylic acids is 1. The lowest BCUT2D eigenvalue weighted by atomic mass is 10.1. The summed E-state index contributed by atoms with van der Waals surface area (Å²) in [4.78, 5) is 10.3. The maximum atomic E-state index is 10.3. The lowest BCUT2D eigenvalue weighted by Gasteiger charge is -2.02. The molecule has 0 amide bonds. The zero-order valence-electron chi connectivity index (χ0n) is 10.4. The molecule has 96 valence electrons. The third kappa shape index (κ3) is 12.6. The summed E-state index contributed by atoms with van der Waals surface area (Å²) in [5, 5.41) is 17.7. The molecule has 0 heterocycles. The van der Waals surface area contributed by atoms with Gasteiger partial charge in [0.1, 0.15) is 0 Å². The van der Waals surface area contributed by atoms with E-state index in [9.17, 15) is 9.90 Å². The number of rotatable bonds is 9. The molecule has 0 saturated carbocycles. The summed E-state index contributed by atoms with van der Waals surface area (Å²) in [6.45, 7) is 2.10. The van der Waals surface area contributed by atoms with E-state index in [1.807, 2.05) is 12.2 Å². The Morgan fingerprint density at radius 2 is 1.59 bits per heavy atom. The molecule has 0 aliphatic carbocycles. The van der Waals surface area contributed by atoms with E-state index in [0.717, 1.165) is 19.3 Å². The first kappa shape index (κ1) is 15.7. The van der Waals surface area contributed by atoms with Crippen molar-refractivity contribution in [1.82, 2.24) is 0 Å². The summed E-state index contributed by atoms with van der Waals surface area (Å²) in [6, 6.07) is 0. The number of hydrogen-bond donors (Lipinski definition) is 2. The molecule has 1 atom stereocenters. The van der Waals surface area contributed by atoms with Crippen LogP contribution in [0.1, 0.15) is 39.0 Å². The normalized spacial score (nSPS) is 14.0. The summed E-state index contributed by atoms with van der Waals surface area (Å²) in [6.07, 6.45) is 14.4. The summed E-state index contributed by atoms with van der Waals surface area (Å²) >= 11 is 0. The second kappa shape index (κ2) is 11.1. The number of aliphatic hydroxyl groups excluding tert-OH is 1. The second-order valence-corrected chi connectivity index (χ2v) is 3.78. The van der Waals surface area contributed by atoms with Crippen molar-refractivity contribution >= 4 is 5.97 Å². The molecular weight excluding hydrogens is 216 g/mol. The molecule has 0 aliphatic heterocycles. The molecule has 2 N–H and O–H groups in total. The van der Waals surface area contributed by atoms with Crippen LogP contribution < -0.4 is 0 Å². The summed E-state index contributed by atoms with van der Waals surface area (Å²) in [5.74, 6) is -0.964. The molecule has 0 aliphatic rings. The molecule has 0 aromatic carbocycles. The molecule has 3 nitrogen and oxygen atoms in total. The van der Waals surface area contributed by atoms with Crippen molar-refractivity contribution in [3.63, 3.8) is 0 Å². The number of allylic oxidation sites excluding steroid dienone is 5. The van der Waals surface area contributed by atoms with Gasteiger partial charge in [0.15, 0.2) is 0 Å². The fourth-order valence-electron chi connectivity index (χ4n) is 1.25. The lowest BCUT2D eigenvalue weighted by Crippen LogP contribution is -2.11. The third-order valence-electron chi connectivity index (χ3n) is 2.10. The summed E-state index contributed by atoms with van der Waals surface area (Å²) in [5.41, 5.74) is 0. The zero-order valence-corrected chi connectivity index (χ0v) is 10.4. The minimum absolute atomic E-state index is 0.192. The molecule has 0 saturated heterocycles. The van der Waals surface area contributed by atoms with Gasteiger partial charge in [-0.15, -0.1) is 0 Å². The highest BCUT2D eigenvalue weighted by Gasteiger charge is 2.06. The topological polar surface area (TPSA) is 57.5 Å². The zero-order chi connectivity index (χ0) is 12.9. The van der Waals surface area contributed by atoms with Gasteiger partial charge in [0.2, 0.25) is 0 Å². The fourth-order valence-corrected chi connectivity index (χ4v) is 1.25. The Kier molecular flexibility index (Phi) is 10.3. The van der Waals surface area contributed by atoms with Crippen LogP contribution in [0.15, 0.2) is 36.5 Å². The van der Waals surface area contributed by atoms with Gasteiger partial charge in [-0.1, -0.05) is 43.4 Å². The van der Waals surface area contributed by atoms with Crippen molar-refractivity contribution in [2.24, 2.45) is 0 Å². The van der Waals surface area contributed by atoms with Crippen molar-refractivity contribution in [3.05, 3.63) is 36.5 Å². The molecular formula is C14H22O3. The molecule has 0 rings (SSSR count). The van der Waals surface area contributed by atoms with Crippen molar-refractivity contribution in [1.29, 1.82) is 0 Å². The largest absolute Gasteiger partial charge is 0.481 e. The van der Waals surface area contributed by atoms with Crippen molar-refractivity contribution in [3.8, 4) is 0 Å². The third-order valence-corrected chi connectivity index (χ3v) is 2.10. The minimum Gasteiger partial charge on any atom is -0.481 e. The summed E-state index contributed by atoms with van der Waals surface area (Å²) < 4.78 is 0. The first-order chi connectivity index (χ1) is 8.16. The van der Waals surface area contributed by atoms with Gasteiger partial charge in [0.25, 0.3) is 0 Å². The summed E-state index contributed by atoms with van der Waals surface area (Å²) in [7, 11) is 0. The molecule has 0 spiro atoms. The first-order valence-corrected chi connectivity index (χ1v) is 6.01. The Morgan fingerprint density at radius 1 is 1.06 bits per heavy atom. The van der Waals surface area contributed by atoms with Crippen LogP contribution in [0.4, 0.5) is 0 Å². The fraction of sp³-hybridized carbons (Fsp3) is 0.500. The van der Waals surface area contributed by atoms with Crippen LogP contribution in [0.25, 0.3) is 0 Å². The van der Waals surface area contributed by atoms with Gasteiger partial charge in [-0.25, -0.2) is 0 Å². The number of carboxylic acid groups (broad SMARTS) is 1. The van der Waals surface area contributed by atoms with Crippen LogP contribution in [0.3, 0.4) is 0 Å². The van der Waals surface area contributed by atoms with Gasteiger partial charge in [-0.2, -0.15) is 0 Å². The molecule has 17 heavy (non-hydrogen) atoms. The number of hydrogen-bond acceptors (Lipinski definition) is 2. The Hall–Kier alpha value is -1.35. The maximum absolute atomic E-state index is 10.3. The Labute approximate surface area is 103 Å². The highest BCUT2D eigenvalue weighted by atomic mass is 16.4. The Morgan fingerprint density at radius 3 is 2.12 bits per heavy atom. The van der Waals surface area contributed by atoms with E-state index in [1.54, 1.807) is 0 Å². The van der Waals surface area contributed by atoms with Crippen LogP contribution in [0.2, 0.25) is 0 Å². The Balaban J connectivity index is 3.53.